The predicted octanol–water partition coefficient (Wildman–Crippen LogP) is 5.55. The van der Waals surface area contributed by atoms with E-state index >= 15 is 0 Å². The molecule has 0 bridgehead atoms. The molecule has 0 radical (unpaired) electrons. The Balaban J connectivity index is 1.34. The van der Waals surface area contributed by atoms with Crippen molar-refractivity contribution in [2.75, 3.05) is 6.54 Å². The van der Waals surface area contributed by atoms with Gasteiger partial charge < -0.3 is 19.0 Å². The van der Waals surface area contributed by atoms with Crippen LogP contribution in [0.3, 0.4) is 0 Å². The molecule has 1 aliphatic carbocycles. The standard InChI is InChI=1S/C26H25ClN2O4/c27-20-11-19-9-10-29(15-22-12-18-3-1-2-4-24(18)33-22)25(19)23(13-20)26(31)28-14-17-5-7-21(8-6-17)32-16-30/h1-4,9-13,16-17,21H,5-8,14-15H2,(H,28,31). The Labute approximate surface area is 196 Å². The second-order valence-corrected chi connectivity index (χ2v) is 9.11. The Bertz CT molecular complexity index is 1270. The number of benzene rings is 2. The van der Waals surface area contributed by atoms with E-state index in [0.717, 1.165) is 53.3 Å². The molecule has 1 aliphatic rings. The van der Waals surface area contributed by atoms with Crippen molar-refractivity contribution in [3.8, 4) is 0 Å². The van der Waals surface area contributed by atoms with Gasteiger partial charge >= 0.3 is 0 Å². The van der Waals surface area contributed by atoms with Crippen LogP contribution in [0.15, 0.2) is 59.1 Å². The fourth-order valence-corrected chi connectivity index (χ4v) is 5.01. The number of carbonyl (C=O) groups excluding carboxylic acids is 2. The molecule has 1 N–H and O–H groups in total. The van der Waals surface area contributed by atoms with Crippen molar-refractivity contribution in [1.29, 1.82) is 0 Å². The molecule has 1 fully saturated rings. The van der Waals surface area contributed by atoms with Gasteiger partial charge in [0.05, 0.1) is 17.6 Å². The molecule has 0 unspecified atom stereocenters. The van der Waals surface area contributed by atoms with Gasteiger partial charge in [-0.1, -0.05) is 29.8 Å². The quantitative estimate of drug-likeness (QED) is 0.364. The largest absolute Gasteiger partial charge is 0.465 e. The van der Waals surface area contributed by atoms with Gasteiger partial charge in [-0.15, -0.1) is 0 Å². The molecule has 1 amide bonds. The molecule has 0 saturated heterocycles. The van der Waals surface area contributed by atoms with E-state index in [4.69, 9.17) is 20.8 Å². The first kappa shape index (κ1) is 21.6. The first-order valence-electron chi connectivity index (χ1n) is 11.2. The van der Waals surface area contributed by atoms with Gasteiger partial charge in [-0.3, -0.25) is 9.59 Å². The number of aromatic nitrogens is 1. The number of fused-ring (bicyclic) bond motifs is 2. The van der Waals surface area contributed by atoms with Crippen LogP contribution < -0.4 is 5.32 Å². The summed E-state index contributed by atoms with van der Waals surface area (Å²) in [4.78, 5) is 23.7. The molecule has 2 aromatic heterocycles. The highest BCUT2D eigenvalue weighted by atomic mass is 35.5. The van der Waals surface area contributed by atoms with Gasteiger partial charge in [0.15, 0.2) is 0 Å². The number of hydrogen-bond acceptors (Lipinski definition) is 4. The van der Waals surface area contributed by atoms with E-state index in [1.165, 1.54) is 0 Å². The number of nitrogens with zero attached hydrogens (tertiary/aromatic N) is 1. The fourth-order valence-electron chi connectivity index (χ4n) is 4.78. The van der Waals surface area contributed by atoms with E-state index in [2.05, 4.69) is 5.32 Å². The highest BCUT2D eigenvalue weighted by Gasteiger charge is 2.23. The van der Waals surface area contributed by atoms with Crippen molar-refractivity contribution in [3.63, 3.8) is 0 Å². The Morgan fingerprint density at radius 2 is 1.94 bits per heavy atom. The van der Waals surface area contributed by atoms with Gasteiger partial charge in [0.1, 0.15) is 17.4 Å². The third kappa shape index (κ3) is 4.62. The average molecular weight is 465 g/mol. The Hall–Kier alpha value is -3.25. The minimum Gasteiger partial charge on any atom is -0.465 e. The van der Waals surface area contributed by atoms with Crippen molar-refractivity contribution in [2.45, 2.75) is 38.3 Å². The molecule has 0 atom stereocenters. The van der Waals surface area contributed by atoms with E-state index in [0.29, 0.717) is 36.1 Å². The molecule has 5 rings (SSSR count). The van der Waals surface area contributed by atoms with Gasteiger partial charge in [-0.05, 0) is 61.9 Å². The summed E-state index contributed by atoms with van der Waals surface area (Å²) < 4.78 is 13.1. The number of rotatable bonds is 7. The summed E-state index contributed by atoms with van der Waals surface area (Å²) >= 11 is 6.34. The fraction of sp³-hybridized carbons (Fsp3) is 0.308. The molecule has 170 valence electrons. The zero-order valence-corrected chi connectivity index (χ0v) is 18.9. The molecule has 33 heavy (non-hydrogen) atoms. The van der Waals surface area contributed by atoms with E-state index in [9.17, 15) is 9.59 Å². The third-order valence-corrected chi connectivity index (χ3v) is 6.68. The average Bonchev–Trinajstić information content (AvgIpc) is 3.41. The second kappa shape index (κ2) is 9.32. The molecular formula is C26H25ClN2O4. The lowest BCUT2D eigenvalue weighted by Gasteiger charge is -2.27. The van der Waals surface area contributed by atoms with Crippen molar-refractivity contribution in [3.05, 3.63) is 71.1 Å². The lowest BCUT2D eigenvalue weighted by Crippen LogP contribution is -2.33. The Kier molecular flexibility index (Phi) is 6.09. The topological polar surface area (TPSA) is 73.5 Å². The summed E-state index contributed by atoms with van der Waals surface area (Å²) in [5.41, 5.74) is 2.23. The van der Waals surface area contributed by atoms with E-state index in [-0.39, 0.29) is 12.0 Å². The zero-order valence-electron chi connectivity index (χ0n) is 18.1. The molecule has 7 heteroatoms. The zero-order chi connectivity index (χ0) is 22.8. The predicted molar refractivity (Wildman–Crippen MR) is 127 cm³/mol. The van der Waals surface area contributed by atoms with E-state index < -0.39 is 0 Å². The van der Waals surface area contributed by atoms with Crippen molar-refractivity contribution in [2.24, 2.45) is 5.92 Å². The van der Waals surface area contributed by atoms with Crippen molar-refractivity contribution in [1.82, 2.24) is 9.88 Å². The van der Waals surface area contributed by atoms with Crippen LogP contribution in [-0.2, 0) is 16.1 Å². The normalized spacial score (nSPS) is 18.5. The van der Waals surface area contributed by atoms with Crippen LogP contribution in [-0.4, -0.2) is 29.6 Å². The van der Waals surface area contributed by atoms with Gasteiger partial charge in [0.2, 0.25) is 0 Å². The van der Waals surface area contributed by atoms with Gasteiger partial charge in [-0.2, -0.15) is 0 Å². The van der Waals surface area contributed by atoms with Crippen LogP contribution in [0.2, 0.25) is 5.02 Å². The van der Waals surface area contributed by atoms with Gasteiger partial charge in [0.25, 0.3) is 12.4 Å². The monoisotopic (exact) mass is 464 g/mol. The summed E-state index contributed by atoms with van der Waals surface area (Å²) in [5.74, 6) is 1.06. The molecule has 2 heterocycles. The van der Waals surface area contributed by atoms with Crippen LogP contribution >= 0.6 is 11.6 Å². The first-order valence-corrected chi connectivity index (χ1v) is 11.6. The highest BCUT2D eigenvalue weighted by molar-refractivity contribution is 6.32. The maximum Gasteiger partial charge on any atom is 0.293 e. The van der Waals surface area contributed by atoms with Crippen LogP contribution in [0.4, 0.5) is 0 Å². The number of carbonyl (C=O) groups is 2. The number of hydrogen-bond donors (Lipinski definition) is 1. The molecular weight excluding hydrogens is 440 g/mol. The molecule has 1 saturated carbocycles. The maximum absolute atomic E-state index is 13.2. The first-order chi connectivity index (χ1) is 16.1. The SMILES string of the molecule is O=COC1CCC(CNC(=O)c2cc(Cl)cc3ccn(Cc4cc5ccccc5o4)c23)CC1. The number of nitrogens with one attached hydrogen (secondary N) is 1. The number of para-hydroxylation sites is 1. The number of ether oxygens (including phenoxy) is 1. The van der Waals surface area contributed by atoms with Crippen LogP contribution in [0.1, 0.15) is 41.8 Å². The molecule has 6 nitrogen and oxygen atoms in total. The third-order valence-electron chi connectivity index (χ3n) is 6.47. The summed E-state index contributed by atoms with van der Waals surface area (Å²) in [7, 11) is 0. The molecule has 0 spiro atoms. The van der Waals surface area contributed by atoms with Crippen molar-refractivity contribution < 1.29 is 18.7 Å². The smallest absolute Gasteiger partial charge is 0.293 e. The molecule has 4 aromatic rings. The summed E-state index contributed by atoms with van der Waals surface area (Å²) in [6.07, 6.45) is 5.48. The van der Waals surface area contributed by atoms with Crippen LogP contribution in [0, 0.1) is 5.92 Å². The Morgan fingerprint density at radius 3 is 2.73 bits per heavy atom. The summed E-state index contributed by atoms with van der Waals surface area (Å²) in [6.45, 7) is 1.63. The van der Waals surface area contributed by atoms with Gasteiger partial charge in [-0.25, -0.2) is 0 Å². The van der Waals surface area contributed by atoms with E-state index in [1.807, 2.05) is 53.2 Å². The van der Waals surface area contributed by atoms with Crippen LogP contribution in [0.25, 0.3) is 21.9 Å². The second-order valence-electron chi connectivity index (χ2n) is 8.67. The Morgan fingerprint density at radius 1 is 1.12 bits per heavy atom. The molecule has 0 aliphatic heterocycles. The number of halogens is 1. The lowest BCUT2D eigenvalue weighted by molar-refractivity contribution is -0.135. The van der Waals surface area contributed by atoms with Gasteiger partial charge in [0, 0.05) is 28.5 Å². The van der Waals surface area contributed by atoms with E-state index in [1.54, 1.807) is 6.07 Å². The number of amides is 1. The summed E-state index contributed by atoms with van der Waals surface area (Å²) in [6, 6.07) is 15.5. The minimum absolute atomic E-state index is 0.00327. The number of furan rings is 1. The maximum atomic E-state index is 13.2. The highest BCUT2D eigenvalue weighted by Crippen LogP contribution is 2.29. The minimum atomic E-state index is -0.140. The molecule has 2 aromatic carbocycles. The lowest BCUT2D eigenvalue weighted by atomic mass is 9.87. The van der Waals surface area contributed by atoms with Crippen molar-refractivity contribution >= 4 is 45.9 Å². The van der Waals surface area contributed by atoms with Crippen LogP contribution in [0.5, 0.6) is 0 Å². The summed E-state index contributed by atoms with van der Waals surface area (Å²) in [5, 5.41) is 5.59.